The molecule has 0 unspecified atom stereocenters. The monoisotopic (exact) mass is 364 g/mol. The standard InChI is InChI=1S/C24H20N4/c1-3-17-10-14-19(15-11-17)28-23(18-12-8-16(2)9-13-18)27-22-24(28)26-21-7-5-4-6-20(21)25-22/h4-15H,3H2,1-2H3. The van der Waals surface area contributed by atoms with E-state index in [9.17, 15) is 0 Å². The third-order valence-electron chi connectivity index (χ3n) is 5.08. The molecule has 0 saturated heterocycles. The zero-order chi connectivity index (χ0) is 19.1. The van der Waals surface area contributed by atoms with Gasteiger partial charge in [0.1, 0.15) is 5.82 Å². The Morgan fingerprint density at radius 1 is 0.750 bits per heavy atom. The van der Waals surface area contributed by atoms with E-state index in [1.165, 1.54) is 11.1 Å². The van der Waals surface area contributed by atoms with Gasteiger partial charge in [0, 0.05) is 11.3 Å². The van der Waals surface area contributed by atoms with Crippen LogP contribution in [0.5, 0.6) is 0 Å². The van der Waals surface area contributed by atoms with Crippen molar-refractivity contribution < 1.29 is 0 Å². The summed E-state index contributed by atoms with van der Waals surface area (Å²) in [6.45, 7) is 4.25. The van der Waals surface area contributed by atoms with Crippen molar-refractivity contribution >= 4 is 22.3 Å². The molecule has 5 aromatic rings. The highest BCUT2D eigenvalue weighted by molar-refractivity contribution is 5.86. The van der Waals surface area contributed by atoms with Crippen LogP contribution in [0.15, 0.2) is 72.8 Å². The quantitative estimate of drug-likeness (QED) is 0.424. The Bertz CT molecular complexity index is 1280. The summed E-state index contributed by atoms with van der Waals surface area (Å²) in [5.41, 5.74) is 7.79. The average molecular weight is 364 g/mol. The molecule has 28 heavy (non-hydrogen) atoms. The lowest BCUT2D eigenvalue weighted by Gasteiger charge is -2.10. The van der Waals surface area contributed by atoms with Crippen molar-refractivity contribution in [1.82, 2.24) is 19.5 Å². The number of aryl methyl sites for hydroxylation is 2. The number of nitrogens with zero attached hydrogens (tertiary/aromatic N) is 4. The lowest BCUT2D eigenvalue weighted by molar-refractivity contribution is 1.07. The first kappa shape index (κ1) is 16.6. The highest BCUT2D eigenvalue weighted by atomic mass is 15.2. The summed E-state index contributed by atoms with van der Waals surface area (Å²) in [5, 5.41) is 0. The highest BCUT2D eigenvalue weighted by Gasteiger charge is 2.17. The molecule has 3 aromatic carbocycles. The number of rotatable bonds is 3. The topological polar surface area (TPSA) is 43.6 Å². The molecule has 0 aliphatic heterocycles. The maximum Gasteiger partial charge on any atom is 0.199 e. The van der Waals surface area contributed by atoms with Crippen LogP contribution in [0.4, 0.5) is 0 Å². The number of imidazole rings is 1. The lowest BCUT2D eigenvalue weighted by atomic mass is 10.1. The number of para-hydroxylation sites is 2. The van der Waals surface area contributed by atoms with E-state index in [4.69, 9.17) is 15.0 Å². The van der Waals surface area contributed by atoms with Crippen molar-refractivity contribution in [2.24, 2.45) is 0 Å². The van der Waals surface area contributed by atoms with Gasteiger partial charge in [-0.15, -0.1) is 0 Å². The zero-order valence-electron chi connectivity index (χ0n) is 15.9. The molecule has 4 heteroatoms. The Hall–Kier alpha value is -3.53. The van der Waals surface area contributed by atoms with Crippen LogP contribution in [0.2, 0.25) is 0 Å². The second-order valence-electron chi connectivity index (χ2n) is 7.02. The summed E-state index contributed by atoms with van der Waals surface area (Å²) in [7, 11) is 0. The molecule has 0 aliphatic carbocycles. The molecule has 4 nitrogen and oxygen atoms in total. The number of hydrogen-bond acceptors (Lipinski definition) is 3. The van der Waals surface area contributed by atoms with Gasteiger partial charge in [-0.2, -0.15) is 0 Å². The van der Waals surface area contributed by atoms with Crippen LogP contribution >= 0.6 is 0 Å². The van der Waals surface area contributed by atoms with Gasteiger partial charge in [-0.3, -0.25) is 4.57 Å². The molecule has 0 amide bonds. The van der Waals surface area contributed by atoms with Crippen molar-refractivity contribution in [2.45, 2.75) is 20.3 Å². The Kier molecular flexibility index (Phi) is 3.90. The molecule has 5 rings (SSSR count). The molecular weight excluding hydrogens is 344 g/mol. The Morgan fingerprint density at radius 3 is 2.11 bits per heavy atom. The van der Waals surface area contributed by atoms with Crippen LogP contribution in [0.25, 0.3) is 39.4 Å². The van der Waals surface area contributed by atoms with E-state index in [-0.39, 0.29) is 0 Å². The molecule has 0 bridgehead atoms. The van der Waals surface area contributed by atoms with Gasteiger partial charge in [-0.05, 0) is 43.2 Å². The van der Waals surface area contributed by atoms with Crippen molar-refractivity contribution in [3.05, 3.63) is 83.9 Å². The molecule has 0 saturated carbocycles. The third-order valence-corrected chi connectivity index (χ3v) is 5.08. The molecule has 2 aromatic heterocycles. The van der Waals surface area contributed by atoms with E-state index in [2.05, 4.69) is 66.9 Å². The molecule has 0 N–H and O–H groups in total. The highest BCUT2D eigenvalue weighted by Crippen LogP contribution is 2.28. The number of aromatic nitrogens is 4. The van der Waals surface area contributed by atoms with Crippen molar-refractivity contribution in [3.63, 3.8) is 0 Å². The van der Waals surface area contributed by atoms with Crippen LogP contribution in [-0.2, 0) is 6.42 Å². The molecule has 136 valence electrons. The molecular formula is C24H20N4. The normalized spacial score (nSPS) is 11.4. The van der Waals surface area contributed by atoms with Crippen molar-refractivity contribution in [2.75, 3.05) is 0 Å². The molecule has 0 fully saturated rings. The Labute approximate surface area is 163 Å². The van der Waals surface area contributed by atoms with Crippen LogP contribution in [0, 0.1) is 6.92 Å². The maximum absolute atomic E-state index is 4.90. The first-order valence-corrected chi connectivity index (χ1v) is 9.54. The van der Waals surface area contributed by atoms with Gasteiger partial charge in [0.15, 0.2) is 11.3 Å². The zero-order valence-corrected chi connectivity index (χ0v) is 15.9. The SMILES string of the molecule is CCc1ccc(-n2c(-c3ccc(C)cc3)nc3nc4ccccc4nc32)cc1. The minimum absolute atomic E-state index is 0.661. The summed E-state index contributed by atoms with van der Waals surface area (Å²) in [4.78, 5) is 14.5. The Balaban J connectivity index is 1.83. The smallest absolute Gasteiger partial charge is 0.199 e. The van der Waals surface area contributed by atoms with Crippen LogP contribution in [-0.4, -0.2) is 19.5 Å². The van der Waals surface area contributed by atoms with E-state index in [0.717, 1.165) is 40.2 Å². The predicted molar refractivity (Wildman–Crippen MR) is 114 cm³/mol. The predicted octanol–water partition coefficient (Wildman–Crippen LogP) is 5.51. The number of benzene rings is 3. The van der Waals surface area contributed by atoms with Crippen LogP contribution < -0.4 is 0 Å². The summed E-state index contributed by atoms with van der Waals surface area (Å²) in [6.07, 6.45) is 1.01. The largest absolute Gasteiger partial charge is 0.275 e. The van der Waals surface area contributed by atoms with Crippen LogP contribution in [0.1, 0.15) is 18.1 Å². The van der Waals surface area contributed by atoms with Gasteiger partial charge in [0.05, 0.1) is 11.0 Å². The van der Waals surface area contributed by atoms with Crippen molar-refractivity contribution in [3.8, 4) is 17.1 Å². The molecule has 2 heterocycles. The number of fused-ring (bicyclic) bond motifs is 2. The van der Waals surface area contributed by atoms with E-state index < -0.39 is 0 Å². The minimum atomic E-state index is 0.661. The van der Waals surface area contributed by atoms with E-state index in [0.29, 0.717) is 5.65 Å². The molecule has 0 atom stereocenters. The van der Waals surface area contributed by atoms with Gasteiger partial charge in [0.2, 0.25) is 0 Å². The van der Waals surface area contributed by atoms with E-state index >= 15 is 0 Å². The van der Waals surface area contributed by atoms with Gasteiger partial charge in [-0.1, -0.05) is 61.0 Å². The van der Waals surface area contributed by atoms with Gasteiger partial charge in [-0.25, -0.2) is 15.0 Å². The number of hydrogen-bond donors (Lipinski definition) is 0. The second kappa shape index (κ2) is 6.57. The molecule has 0 spiro atoms. The summed E-state index contributed by atoms with van der Waals surface area (Å²) < 4.78 is 2.11. The summed E-state index contributed by atoms with van der Waals surface area (Å²) in [6, 6.07) is 24.9. The fourth-order valence-corrected chi connectivity index (χ4v) is 3.48. The molecule has 0 aliphatic rings. The van der Waals surface area contributed by atoms with E-state index in [1.54, 1.807) is 0 Å². The summed E-state index contributed by atoms with van der Waals surface area (Å²) >= 11 is 0. The van der Waals surface area contributed by atoms with Gasteiger partial charge >= 0.3 is 0 Å². The maximum atomic E-state index is 4.90. The van der Waals surface area contributed by atoms with Gasteiger partial charge in [0.25, 0.3) is 0 Å². The van der Waals surface area contributed by atoms with Crippen molar-refractivity contribution in [1.29, 1.82) is 0 Å². The third kappa shape index (κ3) is 2.74. The second-order valence-corrected chi connectivity index (χ2v) is 7.02. The van der Waals surface area contributed by atoms with E-state index in [1.807, 2.05) is 24.3 Å². The summed E-state index contributed by atoms with van der Waals surface area (Å²) in [5.74, 6) is 0.856. The lowest BCUT2D eigenvalue weighted by Crippen LogP contribution is -1.99. The Morgan fingerprint density at radius 2 is 1.43 bits per heavy atom. The first-order valence-electron chi connectivity index (χ1n) is 9.54. The average Bonchev–Trinajstić information content (AvgIpc) is 3.11. The van der Waals surface area contributed by atoms with Crippen LogP contribution in [0.3, 0.4) is 0 Å². The first-order chi connectivity index (χ1) is 13.7. The van der Waals surface area contributed by atoms with Gasteiger partial charge < -0.3 is 0 Å². The fraction of sp³-hybridized carbons (Fsp3) is 0.125. The fourth-order valence-electron chi connectivity index (χ4n) is 3.48. The minimum Gasteiger partial charge on any atom is -0.275 e. The molecule has 0 radical (unpaired) electrons.